The van der Waals surface area contributed by atoms with Crippen molar-refractivity contribution in [2.75, 3.05) is 6.61 Å². The summed E-state index contributed by atoms with van der Waals surface area (Å²) in [6, 6.07) is 10.3. The Morgan fingerprint density at radius 2 is 2.00 bits per heavy atom. The van der Waals surface area contributed by atoms with Crippen LogP contribution in [0.25, 0.3) is 0 Å². The Morgan fingerprint density at radius 3 is 2.79 bits per heavy atom. The Hall–Kier alpha value is -1.61. The molecule has 0 bridgehead atoms. The molecule has 2 heterocycles. The van der Waals surface area contributed by atoms with Crippen LogP contribution in [0.5, 0.6) is 0 Å². The van der Waals surface area contributed by atoms with E-state index in [-0.39, 0.29) is 24.1 Å². The van der Waals surface area contributed by atoms with Gasteiger partial charge >= 0.3 is 0 Å². The van der Waals surface area contributed by atoms with Crippen LogP contribution in [0.15, 0.2) is 42.5 Å². The molecular weight excluding hydrogens is 238 g/mol. The molecule has 0 radical (unpaired) electrons. The summed E-state index contributed by atoms with van der Waals surface area (Å²) in [6.45, 7) is 4.72. The first-order valence-corrected chi connectivity index (χ1v) is 6.91. The van der Waals surface area contributed by atoms with Gasteiger partial charge in [-0.2, -0.15) is 0 Å². The lowest BCUT2D eigenvalue weighted by Gasteiger charge is -2.24. The molecule has 4 atom stereocenters. The minimum Gasteiger partial charge on any atom is -0.352 e. The fourth-order valence-electron chi connectivity index (χ4n) is 3.90. The Kier molecular flexibility index (Phi) is 2.33. The quantitative estimate of drug-likeness (QED) is 0.722. The predicted octanol–water partition coefficient (Wildman–Crippen LogP) is 2.51. The van der Waals surface area contributed by atoms with Crippen molar-refractivity contribution in [3.63, 3.8) is 0 Å². The largest absolute Gasteiger partial charge is 0.352 e. The van der Waals surface area contributed by atoms with E-state index in [2.05, 4.69) is 6.58 Å². The molecule has 1 aliphatic carbocycles. The van der Waals surface area contributed by atoms with Gasteiger partial charge in [-0.1, -0.05) is 42.5 Å². The van der Waals surface area contributed by atoms with Crippen LogP contribution >= 0.6 is 0 Å². The number of amides is 1. The van der Waals surface area contributed by atoms with Crippen molar-refractivity contribution < 1.29 is 9.53 Å². The van der Waals surface area contributed by atoms with E-state index in [9.17, 15) is 4.79 Å². The minimum atomic E-state index is -0.183. The van der Waals surface area contributed by atoms with Crippen molar-refractivity contribution >= 4 is 5.91 Å². The average Bonchev–Trinajstić information content (AvgIpc) is 3.06. The second-order valence-electron chi connectivity index (χ2n) is 5.84. The van der Waals surface area contributed by atoms with Crippen LogP contribution in [0.4, 0.5) is 0 Å². The maximum absolute atomic E-state index is 12.6. The highest BCUT2D eigenvalue weighted by Crippen LogP contribution is 2.50. The average molecular weight is 255 g/mol. The molecule has 3 nitrogen and oxygen atoms in total. The van der Waals surface area contributed by atoms with Gasteiger partial charge in [0.25, 0.3) is 0 Å². The summed E-state index contributed by atoms with van der Waals surface area (Å²) < 4.78 is 5.90. The van der Waals surface area contributed by atoms with Crippen molar-refractivity contribution in [3.05, 3.63) is 48.0 Å². The highest BCUT2D eigenvalue weighted by molar-refractivity contribution is 5.84. The molecule has 2 aliphatic heterocycles. The SMILES string of the molecule is C=C1CC2C(=O)N3[C@H](CO[C@H]3c3ccccc3)[C@H]2C1. The number of hydrogen-bond acceptors (Lipinski definition) is 2. The zero-order chi connectivity index (χ0) is 13.0. The first kappa shape index (κ1) is 11.2. The summed E-state index contributed by atoms with van der Waals surface area (Å²) in [5.74, 6) is 0.848. The number of fused-ring (bicyclic) bond motifs is 3. The molecule has 19 heavy (non-hydrogen) atoms. The summed E-state index contributed by atoms with van der Waals surface area (Å²) in [7, 11) is 0. The molecular formula is C16H17NO2. The number of benzene rings is 1. The van der Waals surface area contributed by atoms with Crippen molar-refractivity contribution in [3.8, 4) is 0 Å². The van der Waals surface area contributed by atoms with Crippen LogP contribution in [-0.4, -0.2) is 23.5 Å². The van der Waals surface area contributed by atoms with E-state index in [1.165, 1.54) is 5.57 Å². The number of hydrogen-bond donors (Lipinski definition) is 0. The number of allylic oxidation sites excluding steroid dienone is 1. The van der Waals surface area contributed by atoms with E-state index in [1.54, 1.807) is 0 Å². The lowest BCUT2D eigenvalue weighted by atomic mass is 9.94. The molecule has 3 fully saturated rings. The van der Waals surface area contributed by atoms with Crippen LogP contribution in [0.1, 0.15) is 24.6 Å². The van der Waals surface area contributed by atoms with Gasteiger partial charge in [0.15, 0.2) is 6.23 Å². The molecule has 1 aromatic rings. The molecule has 3 aliphatic rings. The lowest BCUT2D eigenvalue weighted by Crippen LogP contribution is -2.33. The molecule has 4 rings (SSSR count). The van der Waals surface area contributed by atoms with Crippen LogP contribution in [0.2, 0.25) is 0 Å². The second-order valence-corrected chi connectivity index (χ2v) is 5.84. The normalized spacial score (nSPS) is 36.7. The summed E-state index contributed by atoms with van der Waals surface area (Å²) in [4.78, 5) is 14.6. The van der Waals surface area contributed by atoms with E-state index < -0.39 is 0 Å². The molecule has 3 heteroatoms. The molecule has 1 amide bonds. The van der Waals surface area contributed by atoms with E-state index in [1.807, 2.05) is 35.2 Å². The molecule has 0 spiro atoms. The number of rotatable bonds is 1. The summed E-state index contributed by atoms with van der Waals surface area (Å²) in [5, 5.41) is 0. The second kappa shape index (κ2) is 3.94. The van der Waals surface area contributed by atoms with E-state index in [4.69, 9.17) is 4.74 Å². The maximum atomic E-state index is 12.6. The number of ether oxygens (including phenoxy) is 1. The van der Waals surface area contributed by atoms with Gasteiger partial charge in [-0.3, -0.25) is 4.79 Å². The fraction of sp³-hybridized carbons (Fsp3) is 0.438. The van der Waals surface area contributed by atoms with Gasteiger partial charge in [-0.15, -0.1) is 0 Å². The highest BCUT2D eigenvalue weighted by Gasteiger charge is 2.56. The maximum Gasteiger partial charge on any atom is 0.229 e. The van der Waals surface area contributed by atoms with Crippen LogP contribution < -0.4 is 0 Å². The van der Waals surface area contributed by atoms with E-state index >= 15 is 0 Å². The van der Waals surface area contributed by atoms with Gasteiger partial charge in [0, 0.05) is 11.5 Å². The third-order valence-corrected chi connectivity index (χ3v) is 4.74. The van der Waals surface area contributed by atoms with Crippen LogP contribution in [0.3, 0.4) is 0 Å². The lowest BCUT2D eigenvalue weighted by molar-refractivity contribution is -0.137. The molecule has 1 unspecified atom stereocenters. The van der Waals surface area contributed by atoms with Gasteiger partial charge in [0.1, 0.15) is 0 Å². The molecule has 98 valence electrons. The highest BCUT2D eigenvalue weighted by atomic mass is 16.5. The number of nitrogens with zero attached hydrogens (tertiary/aromatic N) is 1. The van der Waals surface area contributed by atoms with Gasteiger partial charge in [0.05, 0.1) is 12.6 Å². The first-order valence-electron chi connectivity index (χ1n) is 6.91. The Balaban J connectivity index is 1.67. The van der Waals surface area contributed by atoms with Crippen LogP contribution in [-0.2, 0) is 9.53 Å². The van der Waals surface area contributed by atoms with Crippen molar-refractivity contribution in [1.29, 1.82) is 0 Å². The monoisotopic (exact) mass is 255 g/mol. The van der Waals surface area contributed by atoms with Crippen molar-refractivity contribution in [2.24, 2.45) is 11.8 Å². The summed E-state index contributed by atoms with van der Waals surface area (Å²) in [6.07, 6.45) is 1.68. The Bertz CT molecular complexity index is 539. The van der Waals surface area contributed by atoms with Crippen molar-refractivity contribution in [1.82, 2.24) is 4.90 Å². The topological polar surface area (TPSA) is 29.5 Å². The van der Waals surface area contributed by atoms with Gasteiger partial charge in [-0.25, -0.2) is 0 Å². The molecule has 1 aromatic carbocycles. The third-order valence-electron chi connectivity index (χ3n) is 4.74. The molecule has 0 N–H and O–H groups in total. The fourth-order valence-corrected chi connectivity index (χ4v) is 3.90. The summed E-state index contributed by atoms with van der Waals surface area (Å²) >= 11 is 0. The zero-order valence-corrected chi connectivity index (χ0v) is 10.8. The smallest absolute Gasteiger partial charge is 0.229 e. The minimum absolute atomic E-state index is 0.160. The zero-order valence-electron chi connectivity index (χ0n) is 10.8. The van der Waals surface area contributed by atoms with E-state index in [0.717, 1.165) is 18.4 Å². The first-order chi connectivity index (χ1) is 9.25. The van der Waals surface area contributed by atoms with Gasteiger partial charge < -0.3 is 9.64 Å². The Morgan fingerprint density at radius 1 is 1.21 bits per heavy atom. The molecule has 2 saturated heterocycles. The van der Waals surface area contributed by atoms with Crippen molar-refractivity contribution in [2.45, 2.75) is 25.1 Å². The van der Waals surface area contributed by atoms with Gasteiger partial charge in [0.2, 0.25) is 5.91 Å². The predicted molar refractivity (Wildman–Crippen MR) is 71.1 cm³/mol. The number of carbonyl (C=O) groups is 1. The molecule has 1 saturated carbocycles. The third kappa shape index (κ3) is 1.51. The standard InChI is InChI=1S/C16H17NO2/c1-10-7-12-13(8-10)15(18)17-14(12)9-19-16(17)11-5-3-2-4-6-11/h2-6,12-14,16H,1,7-9H2/t12-,13?,14+,16-/m0/s1. The van der Waals surface area contributed by atoms with Gasteiger partial charge in [-0.05, 0) is 18.8 Å². The Labute approximate surface area is 112 Å². The van der Waals surface area contributed by atoms with E-state index in [0.29, 0.717) is 12.5 Å². The number of carbonyl (C=O) groups excluding carboxylic acids is 1. The molecule has 0 aromatic heterocycles. The summed E-state index contributed by atoms with van der Waals surface area (Å²) in [5.41, 5.74) is 2.31. The van der Waals surface area contributed by atoms with Crippen LogP contribution in [0, 0.1) is 11.8 Å².